The third-order valence-corrected chi connectivity index (χ3v) is 9.51. The SMILES string of the molecule is Oc1cc(-c2ccc3c(N4C[C@H]5CC[C@@H](C4)N5)nc(OC[C@@]45CCCN4C[C@H](F)C5)nc3c2F)c2ccccc2n1. The predicted octanol–water partition coefficient (Wildman–Crippen LogP) is 4.59. The molecule has 0 radical (unpaired) electrons. The smallest absolute Gasteiger partial charge is 0.319 e. The Hall–Kier alpha value is -3.63. The quantitative estimate of drug-likeness (QED) is 0.368. The maximum absolute atomic E-state index is 16.6. The largest absolute Gasteiger partial charge is 0.493 e. The van der Waals surface area contributed by atoms with Gasteiger partial charge in [-0.05, 0) is 49.9 Å². The van der Waals surface area contributed by atoms with Crippen molar-refractivity contribution in [2.75, 3.05) is 37.7 Å². The topological polar surface area (TPSA) is 86.6 Å². The minimum atomic E-state index is -0.866. The molecule has 41 heavy (non-hydrogen) atoms. The predicted molar refractivity (Wildman–Crippen MR) is 153 cm³/mol. The van der Waals surface area contributed by atoms with Crippen LogP contribution < -0.4 is 15.0 Å². The maximum Gasteiger partial charge on any atom is 0.319 e. The number of para-hydroxylation sites is 1. The molecule has 0 aliphatic carbocycles. The fourth-order valence-electron chi connectivity index (χ4n) is 7.64. The van der Waals surface area contributed by atoms with Gasteiger partial charge in [-0.1, -0.05) is 24.3 Å². The second-order valence-corrected chi connectivity index (χ2v) is 12.1. The molecule has 0 spiro atoms. The Labute approximate surface area is 236 Å². The van der Waals surface area contributed by atoms with Crippen molar-refractivity contribution in [1.29, 1.82) is 0 Å². The number of anilines is 1. The number of nitrogens with zero attached hydrogens (tertiary/aromatic N) is 5. The third-order valence-electron chi connectivity index (χ3n) is 9.51. The maximum atomic E-state index is 16.6. The summed E-state index contributed by atoms with van der Waals surface area (Å²) in [5.41, 5.74) is 1.24. The summed E-state index contributed by atoms with van der Waals surface area (Å²) in [4.78, 5) is 18.1. The number of benzene rings is 2. The standard InChI is InChI=1S/C31H32F2N6O2/c32-18-13-31(10-3-11-39(31)14-18)17-41-30-36-28-23(29(37-30)38-15-19-6-7-20(16-38)34-19)9-8-22(27(28)33)24-12-26(40)35-25-5-2-1-4-21(24)25/h1-2,4-5,8-9,12,18-20,34H,3,6-7,10-11,13-17H2,(H,35,40)/t18-,19-,20+,31+/m1/s1. The molecule has 0 amide bonds. The number of alkyl halides is 1. The van der Waals surface area contributed by atoms with Gasteiger partial charge in [0.25, 0.3) is 0 Å². The fraction of sp³-hybridized carbons (Fsp3) is 0.452. The number of aromatic hydroxyl groups is 1. The van der Waals surface area contributed by atoms with Crippen LogP contribution in [-0.2, 0) is 0 Å². The molecule has 2 N–H and O–H groups in total. The number of nitrogens with one attached hydrogen (secondary N) is 1. The van der Waals surface area contributed by atoms with Crippen LogP contribution in [-0.4, -0.2) is 81.5 Å². The Bertz CT molecular complexity index is 1660. The summed E-state index contributed by atoms with van der Waals surface area (Å²) < 4.78 is 37.2. The monoisotopic (exact) mass is 558 g/mol. The van der Waals surface area contributed by atoms with Crippen LogP contribution in [0.25, 0.3) is 32.9 Å². The van der Waals surface area contributed by atoms with Gasteiger partial charge in [-0.15, -0.1) is 0 Å². The van der Waals surface area contributed by atoms with Crippen molar-refractivity contribution < 1.29 is 18.6 Å². The molecule has 10 heteroatoms. The zero-order valence-electron chi connectivity index (χ0n) is 22.7. The van der Waals surface area contributed by atoms with Gasteiger partial charge in [-0.2, -0.15) is 9.97 Å². The average molecular weight is 559 g/mol. The number of rotatable bonds is 5. The minimum Gasteiger partial charge on any atom is -0.493 e. The summed E-state index contributed by atoms with van der Waals surface area (Å²) in [5.74, 6) is -0.0213. The second kappa shape index (κ2) is 9.46. The van der Waals surface area contributed by atoms with Gasteiger partial charge in [-0.3, -0.25) is 4.90 Å². The van der Waals surface area contributed by atoms with Crippen LogP contribution in [0.15, 0.2) is 42.5 Å². The number of aromatic nitrogens is 3. The van der Waals surface area contributed by atoms with Crippen LogP contribution in [0, 0.1) is 5.82 Å². The van der Waals surface area contributed by atoms with E-state index in [9.17, 15) is 9.50 Å². The van der Waals surface area contributed by atoms with Crippen molar-refractivity contribution >= 4 is 27.6 Å². The van der Waals surface area contributed by atoms with E-state index in [1.165, 1.54) is 6.07 Å². The molecule has 6 heterocycles. The lowest BCUT2D eigenvalue weighted by Crippen LogP contribution is -2.51. The van der Waals surface area contributed by atoms with Crippen LogP contribution >= 0.6 is 0 Å². The molecular weight excluding hydrogens is 526 g/mol. The van der Waals surface area contributed by atoms with E-state index in [0.717, 1.165) is 50.7 Å². The Morgan fingerprint density at radius 3 is 2.68 bits per heavy atom. The molecule has 4 fully saturated rings. The molecule has 2 aromatic heterocycles. The Kier molecular flexibility index (Phi) is 5.79. The summed E-state index contributed by atoms with van der Waals surface area (Å²) in [6.07, 6.45) is 3.65. The van der Waals surface area contributed by atoms with Crippen molar-refractivity contribution in [3.05, 3.63) is 48.3 Å². The van der Waals surface area contributed by atoms with Gasteiger partial charge in [0, 0.05) is 60.5 Å². The van der Waals surface area contributed by atoms with Crippen LogP contribution in [0.2, 0.25) is 0 Å². The van der Waals surface area contributed by atoms with E-state index >= 15 is 4.39 Å². The zero-order chi connectivity index (χ0) is 27.7. The molecule has 4 atom stereocenters. The van der Waals surface area contributed by atoms with Crippen LogP contribution in [0.4, 0.5) is 14.6 Å². The average Bonchev–Trinajstić information content (AvgIpc) is 3.61. The van der Waals surface area contributed by atoms with Gasteiger partial charge in [0.1, 0.15) is 24.1 Å². The van der Waals surface area contributed by atoms with Crippen molar-refractivity contribution in [2.45, 2.75) is 55.9 Å². The number of fused-ring (bicyclic) bond motifs is 5. The van der Waals surface area contributed by atoms with Crippen LogP contribution in [0.5, 0.6) is 11.9 Å². The summed E-state index contributed by atoms with van der Waals surface area (Å²) in [6, 6.07) is 13.3. The molecule has 212 valence electrons. The van der Waals surface area contributed by atoms with E-state index in [1.54, 1.807) is 12.1 Å². The van der Waals surface area contributed by atoms with E-state index in [2.05, 4.69) is 25.1 Å². The molecule has 4 saturated heterocycles. The number of hydrogen-bond acceptors (Lipinski definition) is 8. The van der Waals surface area contributed by atoms with E-state index in [1.807, 2.05) is 24.3 Å². The van der Waals surface area contributed by atoms with Crippen molar-refractivity contribution in [3.8, 4) is 23.0 Å². The van der Waals surface area contributed by atoms with Gasteiger partial charge in [0.05, 0.1) is 11.1 Å². The van der Waals surface area contributed by atoms with Crippen LogP contribution in [0.1, 0.15) is 32.1 Å². The molecule has 2 aromatic carbocycles. The highest BCUT2D eigenvalue weighted by Gasteiger charge is 2.49. The normalized spacial score (nSPS) is 27.7. The van der Waals surface area contributed by atoms with Gasteiger partial charge in [0.15, 0.2) is 5.82 Å². The summed E-state index contributed by atoms with van der Waals surface area (Å²) in [5, 5.41) is 15.3. The first kappa shape index (κ1) is 25.1. The van der Waals surface area contributed by atoms with E-state index in [0.29, 0.717) is 52.9 Å². The number of piperazine rings is 1. The molecule has 8 rings (SSSR count). The van der Waals surface area contributed by atoms with E-state index in [4.69, 9.17) is 9.72 Å². The van der Waals surface area contributed by atoms with E-state index in [-0.39, 0.29) is 29.6 Å². The fourth-order valence-corrected chi connectivity index (χ4v) is 7.64. The lowest BCUT2D eigenvalue weighted by atomic mass is 9.95. The summed E-state index contributed by atoms with van der Waals surface area (Å²) >= 11 is 0. The number of ether oxygens (including phenoxy) is 1. The highest BCUT2D eigenvalue weighted by Crippen LogP contribution is 2.41. The Morgan fingerprint density at radius 1 is 1.00 bits per heavy atom. The highest BCUT2D eigenvalue weighted by molar-refractivity contribution is 5.99. The first-order valence-corrected chi connectivity index (χ1v) is 14.6. The minimum absolute atomic E-state index is 0.111. The van der Waals surface area contributed by atoms with Crippen molar-refractivity contribution in [3.63, 3.8) is 0 Å². The number of pyridine rings is 1. The molecule has 4 aromatic rings. The molecule has 4 aliphatic heterocycles. The van der Waals surface area contributed by atoms with Gasteiger partial charge >= 0.3 is 6.01 Å². The summed E-state index contributed by atoms with van der Waals surface area (Å²) in [7, 11) is 0. The molecule has 0 saturated carbocycles. The number of hydrogen-bond donors (Lipinski definition) is 2. The Morgan fingerprint density at radius 2 is 1.83 bits per heavy atom. The lowest BCUT2D eigenvalue weighted by molar-refractivity contribution is 0.107. The van der Waals surface area contributed by atoms with Gasteiger partial charge < -0.3 is 20.1 Å². The first-order chi connectivity index (χ1) is 20.0. The molecule has 4 aliphatic rings. The Balaban J connectivity index is 1.24. The van der Waals surface area contributed by atoms with Gasteiger partial charge in [-0.25, -0.2) is 13.8 Å². The highest BCUT2D eigenvalue weighted by atomic mass is 19.1. The molecular formula is C31H32F2N6O2. The van der Waals surface area contributed by atoms with E-state index < -0.39 is 12.0 Å². The number of halogens is 2. The summed E-state index contributed by atoms with van der Waals surface area (Å²) in [6.45, 7) is 3.11. The van der Waals surface area contributed by atoms with Crippen molar-refractivity contribution in [1.82, 2.24) is 25.2 Å². The van der Waals surface area contributed by atoms with Gasteiger partial charge in [0.2, 0.25) is 5.88 Å². The van der Waals surface area contributed by atoms with Crippen LogP contribution in [0.3, 0.4) is 0 Å². The lowest BCUT2D eigenvalue weighted by Gasteiger charge is -2.34. The molecule has 2 bridgehead atoms. The van der Waals surface area contributed by atoms with Crippen molar-refractivity contribution in [2.24, 2.45) is 0 Å². The molecule has 8 nitrogen and oxygen atoms in total. The first-order valence-electron chi connectivity index (χ1n) is 14.6. The third kappa shape index (κ3) is 4.18. The second-order valence-electron chi connectivity index (χ2n) is 12.1. The zero-order valence-corrected chi connectivity index (χ0v) is 22.7. The molecule has 0 unspecified atom stereocenters.